The van der Waals surface area contributed by atoms with Gasteiger partial charge in [-0.3, -0.25) is 4.79 Å². The summed E-state index contributed by atoms with van der Waals surface area (Å²) >= 11 is 0. The summed E-state index contributed by atoms with van der Waals surface area (Å²) in [7, 11) is 0. The van der Waals surface area contributed by atoms with Crippen molar-refractivity contribution in [3.63, 3.8) is 0 Å². The van der Waals surface area contributed by atoms with E-state index in [1.165, 1.54) is 6.07 Å². The second-order valence-corrected chi connectivity index (χ2v) is 2.42. The first kappa shape index (κ1) is 9.18. The molecule has 0 aromatic heterocycles. The molecular weight excluding hydrogens is 174 g/mol. The van der Waals surface area contributed by atoms with E-state index in [9.17, 15) is 14.9 Å². The molecule has 0 aliphatic rings. The normalized spacial score (nSPS) is 9.31. The first-order chi connectivity index (χ1) is 6.11. The molecule has 68 valence electrons. The van der Waals surface area contributed by atoms with Gasteiger partial charge in [-0.05, 0) is 18.6 Å². The molecule has 0 atom stereocenters. The van der Waals surface area contributed by atoms with Crippen LogP contribution in [-0.2, 0) is 4.84 Å². The second-order valence-electron chi connectivity index (χ2n) is 2.42. The smallest absolute Gasteiger partial charge is 0.263 e. The predicted octanol–water partition coefficient (Wildman–Crippen LogP) is 1.34. The van der Waals surface area contributed by atoms with Crippen molar-refractivity contribution in [3.8, 4) is 0 Å². The van der Waals surface area contributed by atoms with E-state index in [0.717, 1.165) is 0 Å². The third-order valence-corrected chi connectivity index (χ3v) is 1.52. The van der Waals surface area contributed by atoms with Gasteiger partial charge in [0.25, 0.3) is 0 Å². The molecule has 0 aliphatic carbocycles. The molecule has 0 amide bonds. The lowest BCUT2D eigenvalue weighted by molar-refractivity contribution is -0.727. The van der Waals surface area contributed by atoms with E-state index in [1.54, 1.807) is 25.1 Å². The fourth-order valence-corrected chi connectivity index (χ4v) is 0.919. The Balaban J connectivity index is 2.89. The molecule has 0 saturated carbocycles. The topological polar surface area (TPSA) is 69.4 Å². The van der Waals surface area contributed by atoms with E-state index in [-0.39, 0.29) is 5.56 Å². The first-order valence-electron chi connectivity index (χ1n) is 3.53. The van der Waals surface area contributed by atoms with E-state index >= 15 is 0 Å². The van der Waals surface area contributed by atoms with Crippen LogP contribution < -0.4 is 0 Å². The molecule has 0 bridgehead atoms. The second kappa shape index (κ2) is 3.66. The standard InChI is InChI=1S/C8H7NO4/c1-6-4-2-3-5-7(6)8(10)13-9(11)12/h2-5H,1H3. The van der Waals surface area contributed by atoms with E-state index < -0.39 is 11.1 Å². The predicted molar refractivity (Wildman–Crippen MR) is 43.6 cm³/mol. The fourth-order valence-electron chi connectivity index (χ4n) is 0.919. The van der Waals surface area contributed by atoms with Gasteiger partial charge in [0.1, 0.15) is 0 Å². The van der Waals surface area contributed by atoms with Crippen LogP contribution in [-0.4, -0.2) is 11.1 Å². The van der Waals surface area contributed by atoms with E-state index in [4.69, 9.17) is 0 Å². The van der Waals surface area contributed by atoms with Gasteiger partial charge >= 0.3 is 11.1 Å². The van der Waals surface area contributed by atoms with Crippen LogP contribution in [0, 0.1) is 17.0 Å². The molecule has 0 unspecified atom stereocenters. The van der Waals surface area contributed by atoms with Crippen molar-refractivity contribution in [1.82, 2.24) is 0 Å². The summed E-state index contributed by atoms with van der Waals surface area (Å²) in [4.78, 5) is 24.7. The molecule has 1 aromatic carbocycles. The highest BCUT2D eigenvalue weighted by Crippen LogP contribution is 2.08. The van der Waals surface area contributed by atoms with Crippen molar-refractivity contribution in [2.24, 2.45) is 0 Å². The number of aryl methyl sites for hydroxylation is 1. The Morgan fingerprint density at radius 2 is 2.08 bits per heavy atom. The quantitative estimate of drug-likeness (QED) is 0.510. The van der Waals surface area contributed by atoms with E-state index in [0.29, 0.717) is 5.56 Å². The van der Waals surface area contributed by atoms with Crippen LogP contribution in [0.2, 0.25) is 0 Å². The molecule has 1 aromatic rings. The summed E-state index contributed by atoms with van der Waals surface area (Å²) in [6, 6.07) is 6.50. The van der Waals surface area contributed by atoms with Crippen molar-refractivity contribution in [1.29, 1.82) is 0 Å². The van der Waals surface area contributed by atoms with Crippen molar-refractivity contribution >= 4 is 5.97 Å². The minimum Gasteiger partial charge on any atom is -0.263 e. The molecule has 0 radical (unpaired) electrons. The Labute approximate surface area is 74.0 Å². The highest BCUT2D eigenvalue weighted by Gasteiger charge is 2.11. The van der Waals surface area contributed by atoms with Crippen LogP contribution in [0.5, 0.6) is 0 Å². The molecule has 1 rings (SSSR count). The van der Waals surface area contributed by atoms with Crippen molar-refractivity contribution in [2.45, 2.75) is 6.92 Å². The van der Waals surface area contributed by atoms with Crippen molar-refractivity contribution in [2.75, 3.05) is 0 Å². The SMILES string of the molecule is Cc1ccccc1C(=O)O[N+](=O)[O-]. The van der Waals surface area contributed by atoms with Crippen LogP contribution in [0.3, 0.4) is 0 Å². The van der Waals surface area contributed by atoms with E-state index in [1.807, 2.05) is 0 Å². The first-order valence-corrected chi connectivity index (χ1v) is 3.53. The minimum atomic E-state index is -1.12. The third kappa shape index (κ3) is 2.26. The maximum Gasteiger partial charge on any atom is 0.334 e. The number of hydrogen-bond donors (Lipinski definition) is 0. The Bertz CT molecular complexity index is 348. The number of carbonyl (C=O) groups excluding carboxylic acids is 1. The summed E-state index contributed by atoms with van der Waals surface area (Å²) in [5.41, 5.74) is 0.855. The van der Waals surface area contributed by atoms with Crippen molar-refractivity contribution in [3.05, 3.63) is 45.5 Å². The lowest BCUT2D eigenvalue weighted by atomic mass is 10.1. The summed E-state index contributed by atoms with van der Waals surface area (Å²) in [5.74, 6) is -0.942. The lowest BCUT2D eigenvalue weighted by Gasteiger charge is -2.00. The van der Waals surface area contributed by atoms with Gasteiger partial charge in [0, 0.05) is 5.56 Å². The average molecular weight is 181 g/mol. The Morgan fingerprint density at radius 1 is 1.46 bits per heavy atom. The van der Waals surface area contributed by atoms with Crippen LogP contribution in [0.25, 0.3) is 0 Å². The van der Waals surface area contributed by atoms with Crippen LogP contribution in [0.4, 0.5) is 0 Å². The molecule has 0 heterocycles. The lowest BCUT2D eigenvalue weighted by Crippen LogP contribution is -2.11. The zero-order chi connectivity index (χ0) is 9.84. The maximum atomic E-state index is 11.0. The highest BCUT2D eigenvalue weighted by atomic mass is 17.0. The number of hydrogen-bond acceptors (Lipinski definition) is 4. The van der Waals surface area contributed by atoms with Gasteiger partial charge in [-0.2, -0.15) is 0 Å². The molecule has 0 N–H and O–H groups in total. The van der Waals surface area contributed by atoms with Gasteiger partial charge in [0.05, 0.1) is 0 Å². The van der Waals surface area contributed by atoms with Gasteiger partial charge in [0.2, 0.25) is 0 Å². The highest BCUT2D eigenvalue weighted by molar-refractivity contribution is 5.90. The zero-order valence-electron chi connectivity index (χ0n) is 6.89. The molecule has 0 fully saturated rings. The van der Waals surface area contributed by atoms with Crippen molar-refractivity contribution < 1.29 is 14.7 Å². The van der Waals surface area contributed by atoms with Crippen LogP contribution >= 0.6 is 0 Å². The Hall–Kier alpha value is -1.91. The third-order valence-electron chi connectivity index (χ3n) is 1.52. The summed E-state index contributed by atoms with van der Waals surface area (Å²) < 4.78 is 0. The Morgan fingerprint density at radius 3 is 2.62 bits per heavy atom. The molecule has 0 spiro atoms. The molecule has 5 nitrogen and oxygen atoms in total. The van der Waals surface area contributed by atoms with Gasteiger partial charge in [-0.1, -0.05) is 18.2 Å². The molecule has 13 heavy (non-hydrogen) atoms. The van der Waals surface area contributed by atoms with Gasteiger partial charge in [-0.25, -0.2) is 4.84 Å². The summed E-state index contributed by atoms with van der Waals surface area (Å²) in [6.45, 7) is 1.68. The van der Waals surface area contributed by atoms with Crippen LogP contribution in [0.15, 0.2) is 24.3 Å². The number of benzene rings is 1. The van der Waals surface area contributed by atoms with Gasteiger partial charge in [0.15, 0.2) is 0 Å². The summed E-state index contributed by atoms with van der Waals surface area (Å²) in [6.07, 6.45) is 0. The molecular formula is C8H7NO4. The number of rotatable bonds is 2. The minimum absolute atomic E-state index is 0.208. The van der Waals surface area contributed by atoms with Gasteiger partial charge in [-0.15, -0.1) is 10.1 Å². The Kier molecular flexibility index (Phi) is 2.59. The molecule has 0 aliphatic heterocycles. The van der Waals surface area contributed by atoms with Gasteiger partial charge < -0.3 is 0 Å². The number of carbonyl (C=O) groups is 1. The van der Waals surface area contributed by atoms with Crippen LogP contribution in [0.1, 0.15) is 15.9 Å². The molecule has 5 heteroatoms. The molecule has 0 saturated heterocycles. The fraction of sp³-hybridized carbons (Fsp3) is 0.125. The monoisotopic (exact) mass is 181 g/mol. The average Bonchev–Trinajstić information content (AvgIpc) is 2.03. The largest absolute Gasteiger partial charge is 0.334 e. The maximum absolute atomic E-state index is 11.0. The zero-order valence-corrected chi connectivity index (χ0v) is 6.89. The van der Waals surface area contributed by atoms with E-state index in [2.05, 4.69) is 4.84 Å². The number of nitrogens with zero attached hydrogens (tertiary/aromatic N) is 1. The summed E-state index contributed by atoms with van der Waals surface area (Å²) in [5, 5.41) is 8.74.